The lowest BCUT2D eigenvalue weighted by molar-refractivity contribution is 0.00629. The normalized spacial score (nSPS) is 31.8. The Morgan fingerprint density at radius 1 is 0.722 bits per heavy atom. The van der Waals surface area contributed by atoms with Crippen LogP contribution >= 0.6 is 0 Å². The summed E-state index contributed by atoms with van der Waals surface area (Å²) in [6.45, 7) is 3.55. The molecule has 0 aromatic rings. The van der Waals surface area contributed by atoms with Crippen molar-refractivity contribution in [2.75, 3.05) is 19.6 Å². The zero-order valence-electron chi connectivity index (χ0n) is 11.9. The second-order valence-corrected chi connectivity index (χ2v) is 7.18. The van der Waals surface area contributed by atoms with E-state index in [1.54, 1.807) is 0 Å². The third-order valence-electron chi connectivity index (χ3n) is 6.32. The van der Waals surface area contributed by atoms with Crippen LogP contribution in [-0.2, 0) is 0 Å². The molecule has 3 aliphatic rings. The van der Waals surface area contributed by atoms with Crippen molar-refractivity contribution in [1.82, 2.24) is 4.90 Å². The monoisotopic (exact) mass is 250 g/mol. The van der Waals surface area contributed by atoms with Crippen molar-refractivity contribution in [3.8, 4) is 0 Å². The largest absolute Gasteiger partial charge is 0.329 e. The highest BCUT2D eigenvalue weighted by Gasteiger charge is 2.43. The Morgan fingerprint density at radius 2 is 1.28 bits per heavy atom. The summed E-state index contributed by atoms with van der Waals surface area (Å²) in [5.74, 6) is 0. The number of hydrogen-bond acceptors (Lipinski definition) is 2. The van der Waals surface area contributed by atoms with Gasteiger partial charge in [0.1, 0.15) is 0 Å². The standard InChI is InChI=1S/C16H30N2/c17-14-16(8-4-5-9-16)18-12-10-15(11-13-18)6-2-1-3-7-15/h1-14,17H2. The van der Waals surface area contributed by atoms with Gasteiger partial charge in [0.2, 0.25) is 0 Å². The molecule has 0 unspecified atom stereocenters. The number of nitrogens with two attached hydrogens (primary N) is 1. The van der Waals surface area contributed by atoms with Crippen molar-refractivity contribution >= 4 is 0 Å². The van der Waals surface area contributed by atoms with Crippen molar-refractivity contribution in [3.05, 3.63) is 0 Å². The molecule has 1 saturated heterocycles. The van der Waals surface area contributed by atoms with Crippen LogP contribution in [0, 0.1) is 5.41 Å². The Labute approximate surface area is 112 Å². The number of piperidine rings is 1. The van der Waals surface area contributed by atoms with Crippen LogP contribution in [0.5, 0.6) is 0 Å². The van der Waals surface area contributed by atoms with Gasteiger partial charge in [-0.2, -0.15) is 0 Å². The van der Waals surface area contributed by atoms with E-state index in [0.29, 0.717) is 5.54 Å². The average Bonchev–Trinajstić information content (AvgIpc) is 2.90. The quantitative estimate of drug-likeness (QED) is 0.815. The molecule has 104 valence electrons. The molecule has 3 fully saturated rings. The first-order valence-corrected chi connectivity index (χ1v) is 8.24. The van der Waals surface area contributed by atoms with Crippen LogP contribution in [-0.4, -0.2) is 30.1 Å². The van der Waals surface area contributed by atoms with Crippen molar-refractivity contribution in [3.63, 3.8) is 0 Å². The van der Waals surface area contributed by atoms with Crippen molar-refractivity contribution < 1.29 is 0 Å². The Bertz CT molecular complexity index is 265. The second-order valence-electron chi connectivity index (χ2n) is 7.18. The second kappa shape index (κ2) is 5.13. The highest BCUT2D eigenvalue weighted by atomic mass is 15.2. The van der Waals surface area contributed by atoms with E-state index in [4.69, 9.17) is 5.73 Å². The Morgan fingerprint density at radius 3 is 1.83 bits per heavy atom. The van der Waals surface area contributed by atoms with Crippen LogP contribution in [0.3, 0.4) is 0 Å². The van der Waals surface area contributed by atoms with Gasteiger partial charge in [0.15, 0.2) is 0 Å². The molecule has 18 heavy (non-hydrogen) atoms. The van der Waals surface area contributed by atoms with Gasteiger partial charge in [-0.3, -0.25) is 4.90 Å². The van der Waals surface area contributed by atoms with Gasteiger partial charge in [-0.1, -0.05) is 32.1 Å². The van der Waals surface area contributed by atoms with E-state index in [1.165, 1.54) is 83.7 Å². The zero-order chi connectivity index (χ0) is 12.5. The van der Waals surface area contributed by atoms with Gasteiger partial charge >= 0.3 is 0 Å². The van der Waals surface area contributed by atoms with Crippen LogP contribution in [0.25, 0.3) is 0 Å². The van der Waals surface area contributed by atoms with Crippen LogP contribution in [0.15, 0.2) is 0 Å². The molecule has 0 amide bonds. The summed E-state index contributed by atoms with van der Waals surface area (Å²) < 4.78 is 0. The van der Waals surface area contributed by atoms with Gasteiger partial charge in [0, 0.05) is 12.1 Å². The maximum absolute atomic E-state index is 6.13. The number of nitrogens with zero attached hydrogens (tertiary/aromatic N) is 1. The highest BCUT2D eigenvalue weighted by Crippen LogP contribution is 2.47. The molecule has 0 atom stereocenters. The van der Waals surface area contributed by atoms with Gasteiger partial charge in [-0.25, -0.2) is 0 Å². The third-order valence-corrected chi connectivity index (χ3v) is 6.32. The maximum Gasteiger partial charge on any atom is 0.0331 e. The van der Waals surface area contributed by atoms with E-state index >= 15 is 0 Å². The summed E-state index contributed by atoms with van der Waals surface area (Å²) in [4.78, 5) is 2.78. The van der Waals surface area contributed by atoms with Gasteiger partial charge < -0.3 is 5.73 Å². The predicted octanol–water partition coefficient (Wildman–Crippen LogP) is 3.30. The number of rotatable bonds is 2. The molecule has 2 N–H and O–H groups in total. The van der Waals surface area contributed by atoms with E-state index in [9.17, 15) is 0 Å². The van der Waals surface area contributed by atoms with Crippen LogP contribution < -0.4 is 5.73 Å². The molecular weight excluding hydrogens is 220 g/mol. The minimum atomic E-state index is 0.399. The molecule has 1 heterocycles. The summed E-state index contributed by atoms with van der Waals surface area (Å²) in [6, 6.07) is 0. The number of likely N-dealkylation sites (tertiary alicyclic amines) is 1. The fourth-order valence-corrected chi connectivity index (χ4v) is 4.94. The summed E-state index contributed by atoms with van der Waals surface area (Å²) in [5, 5.41) is 0. The van der Waals surface area contributed by atoms with E-state index < -0.39 is 0 Å². The topological polar surface area (TPSA) is 29.3 Å². The van der Waals surface area contributed by atoms with Crippen LogP contribution in [0.4, 0.5) is 0 Å². The molecular formula is C16H30N2. The lowest BCUT2D eigenvalue weighted by Gasteiger charge is -2.50. The minimum Gasteiger partial charge on any atom is -0.329 e. The Balaban J connectivity index is 1.62. The van der Waals surface area contributed by atoms with Gasteiger partial charge in [0.05, 0.1) is 0 Å². The highest BCUT2D eigenvalue weighted by molar-refractivity contribution is 4.99. The third kappa shape index (κ3) is 2.22. The van der Waals surface area contributed by atoms with Gasteiger partial charge in [0.25, 0.3) is 0 Å². The SMILES string of the molecule is NCC1(N2CCC3(CCCCC3)CC2)CCCC1. The average molecular weight is 250 g/mol. The molecule has 0 radical (unpaired) electrons. The Hall–Kier alpha value is -0.0800. The molecule has 1 aliphatic heterocycles. The fraction of sp³-hybridized carbons (Fsp3) is 1.00. The summed E-state index contributed by atoms with van der Waals surface area (Å²) >= 11 is 0. The van der Waals surface area contributed by atoms with E-state index in [2.05, 4.69) is 4.90 Å². The van der Waals surface area contributed by atoms with E-state index in [1.807, 2.05) is 0 Å². The summed E-state index contributed by atoms with van der Waals surface area (Å²) in [7, 11) is 0. The van der Waals surface area contributed by atoms with Gasteiger partial charge in [-0.15, -0.1) is 0 Å². The molecule has 0 aromatic carbocycles. The minimum absolute atomic E-state index is 0.399. The van der Waals surface area contributed by atoms with Crippen LogP contribution in [0.1, 0.15) is 70.6 Å². The number of hydrogen-bond donors (Lipinski definition) is 1. The van der Waals surface area contributed by atoms with Crippen LogP contribution in [0.2, 0.25) is 0 Å². The molecule has 2 nitrogen and oxygen atoms in total. The van der Waals surface area contributed by atoms with E-state index in [-0.39, 0.29) is 0 Å². The molecule has 2 saturated carbocycles. The zero-order valence-corrected chi connectivity index (χ0v) is 11.9. The molecule has 0 aromatic heterocycles. The molecule has 0 bridgehead atoms. The lowest BCUT2D eigenvalue weighted by atomic mass is 9.67. The van der Waals surface area contributed by atoms with Crippen molar-refractivity contribution in [2.45, 2.75) is 76.2 Å². The predicted molar refractivity (Wildman–Crippen MR) is 76.6 cm³/mol. The summed E-state index contributed by atoms with van der Waals surface area (Å²) in [5.41, 5.74) is 7.27. The molecule has 2 aliphatic carbocycles. The van der Waals surface area contributed by atoms with Crippen molar-refractivity contribution in [1.29, 1.82) is 0 Å². The first-order chi connectivity index (χ1) is 8.79. The fourth-order valence-electron chi connectivity index (χ4n) is 4.94. The van der Waals surface area contributed by atoms with Crippen molar-refractivity contribution in [2.24, 2.45) is 11.1 Å². The van der Waals surface area contributed by atoms with Gasteiger partial charge in [-0.05, 0) is 57.0 Å². The van der Waals surface area contributed by atoms with E-state index in [0.717, 1.165) is 12.0 Å². The smallest absolute Gasteiger partial charge is 0.0331 e. The molecule has 2 heteroatoms. The Kier molecular flexibility index (Phi) is 3.68. The maximum atomic E-state index is 6.13. The molecule has 1 spiro atoms. The lowest BCUT2D eigenvalue weighted by Crippen LogP contribution is -2.56. The molecule has 3 rings (SSSR count). The summed E-state index contributed by atoms with van der Waals surface area (Å²) in [6.07, 6.45) is 15.9. The first-order valence-electron chi connectivity index (χ1n) is 8.24. The first kappa shape index (κ1) is 12.9.